The Balaban J connectivity index is 1.72. The second-order valence-electron chi connectivity index (χ2n) is 7.15. The monoisotopic (exact) mass is 438 g/mol. The summed E-state index contributed by atoms with van der Waals surface area (Å²) in [6.45, 7) is 3.82. The van der Waals surface area contributed by atoms with Crippen LogP contribution in [0, 0.1) is 6.92 Å². The van der Waals surface area contributed by atoms with Gasteiger partial charge in [-0.15, -0.1) is 0 Å². The van der Waals surface area contributed by atoms with Crippen molar-refractivity contribution in [3.8, 4) is 5.75 Å². The number of benzene rings is 3. The Morgan fingerprint density at radius 1 is 0.968 bits per heavy atom. The fourth-order valence-corrected chi connectivity index (χ4v) is 4.31. The lowest BCUT2D eigenvalue weighted by Crippen LogP contribution is -2.28. The van der Waals surface area contributed by atoms with Crippen LogP contribution >= 0.6 is 0 Å². The maximum Gasteiger partial charge on any atom is 0.261 e. The molecule has 2 N–H and O–H groups in total. The van der Waals surface area contributed by atoms with Gasteiger partial charge in [-0.05, 0) is 66.9 Å². The first-order valence-electron chi connectivity index (χ1n) is 9.97. The zero-order chi connectivity index (χ0) is 22.4. The molecule has 7 heteroatoms. The Morgan fingerprint density at radius 2 is 1.61 bits per heavy atom. The van der Waals surface area contributed by atoms with Gasteiger partial charge in [0, 0.05) is 5.56 Å². The summed E-state index contributed by atoms with van der Waals surface area (Å²) in [7, 11) is -2.14. The van der Waals surface area contributed by atoms with Crippen molar-refractivity contribution in [3.05, 3.63) is 89.5 Å². The summed E-state index contributed by atoms with van der Waals surface area (Å²) in [4.78, 5) is 12.8. The van der Waals surface area contributed by atoms with Gasteiger partial charge in [0.15, 0.2) is 0 Å². The molecule has 1 atom stereocenters. The first-order valence-corrected chi connectivity index (χ1v) is 11.5. The van der Waals surface area contributed by atoms with Crippen LogP contribution < -0.4 is 14.8 Å². The van der Waals surface area contributed by atoms with Gasteiger partial charge in [0.25, 0.3) is 15.9 Å². The van der Waals surface area contributed by atoms with E-state index in [1.165, 1.54) is 24.3 Å². The highest BCUT2D eigenvalue weighted by molar-refractivity contribution is 7.92. The van der Waals surface area contributed by atoms with Crippen molar-refractivity contribution in [2.45, 2.75) is 31.2 Å². The van der Waals surface area contributed by atoms with E-state index in [0.29, 0.717) is 17.7 Å². The number of methoxy groups -OCH3 is 1. The largest absolute Gasteiger partial charge is 0.497 e. The first-order chi connectivity index (χ1) is 14.8. The van der Waals surface area contributed by atoms with Gasteiger partial charge in [0.2, 0.25) is 0 Å². The second-order valence-corrected chi connectivity index (χ2v) is 8.83. The molecule has 162 valence electrons. The Kier molecular flexibility index (Phi) is 6.97. The van der Waals surface area contributed by atoms with Crippen molar-refractivity contribution in [1.82, 2.24) is 5.32 Å². The molecule has 0 spiro atoms. The third kappa shape index (κ3) is 5.44. The van der Waals surface area contributed by atoms with Crippen LogP contribution in [-0.4, -0.2) is 21.4 Å². The number of ether oxygens (including phenoxy) is 1. The minimum atomic E-state index is -3.75. The molecule has 1 amide bonds. The molecular formula is C24H26N2O4S. The van der Waals surface area contributed by atoms with Crippen molar-refractivity contribution in [2.75, 3.05) is 11.8 Å². The molecular weight excluding hydrogens is 412 g/mol. The highest BCUT2D eigenvalue weighted by atomic mass is 32.2. The molecule has 0 saturated heterocycles. The van der Waals surface area contributed by atoms with E-state index in [0.717, 1.165) is 16.9 Å². The van der Waals surface area contributed by atoms with Gasteiger partial charge in [-0.25, -0.2) is 8.42 Å². The lowest BCUT2D eigenvalue weighted by molar-refractivity contribution is 0.0935. The van der Waals surface area contributed by atoms with Crippen LogP contribution in [0.2, 0.25) is 0 Å². The molecule has 0 saturated carbocycles. The molecule has 0 aliphatic carbocycles. The van der Waals surface area contributed by atoms with E-state index in [4.69, 9.17) is 4.74 Å². The first kappa shape index (κ1) is 22.4. The van der Waals surface area contributed by atoms with Gasteiger partial charge in [-0.2, -0.15) is 0 Å². The van der Waals surface area contributed by atoms with E-state index >= 15 is 0 Å². The van der Waals surface area contributed by atoms with Crippen LogP contribution in [0.15, 0.2) is 77.7 Å². The number of carbonyl (C=O) groups is 1. The van der Waals surface area contributed by atoms with Crippen molar-refractivity contribution in [1.29, 1.82) is 0 Å². The van der Waals surface area contributed by atoms with Crippen LogP contribution in [0.1, 0.15) is 40.9 Å². The van der Waals surface area contributed by atoms with Crippen LogP contribution in [-0.2, 0) is 10.0 Å². The average Bonchev–Trinajstić information content (AvgIpc) is 2.79. The Labute approximate surface area is 183 Å². The fraction of sp³-hybridized carbons (Fsp3) is 0.208. The number of aryl methyl sites for hydroxylation is 1. The summed E-state index contributed by atoms with van der Waals surface area (Å²) in [5.41, 5.74) is 2.71. The third-order valence-corrected chi connectivity index (χ3v) is 6.43. The highest BCUT2D eigenvalue weighted by Gasteiger charge is 2.18. The maximum atomic E-state index is 12.7. The number of anilines is 1. The number of hydrogen-bond acceptors (Lipinski definition) is 4. The predicted octanol–water partition coefficient (Wildman–Crippen LogP) is 4.69. The maximum absolute atomic E-state index is 12.7. The molecule has 1 unspecified atom stereocenters. The minimum absolute atomic E-state index is 0.0921. The Bertz CT molecular complexity index is 1140. The van der Waals surface area contributed by atoms with Gasteiger partial charge in [-0.1, -0.05) is 37.3 Å². The Hall–Kier alpha value is -3.32. The summed E-state index contributed by atoms with van der Waals surface area (Å²) >= 11 is 0. The van der Waals surface area contributed by atoms with Crippen LogP contribution in [0.4, 0.5) is 5.69 Å². The van der Waals surface area contributed by atoms with E-state index in [1.807, 2.05) is 50.2 Å². The van der Waals surface area contributed by atoms with Gasteiger partial charge < -0.3 is 10.1 Å². The molecule has 3 aromatic carbocycles. The van der Waals surface area contributed by atoms with E-state index in [1.54, 1.807) is 19.2 Å². The lowest BCUT2D eigenvalue weighted by atomic mass is 10.0. The molecule has 0 fully saturated rings. The summed E-state index contributed by atoms with van der Waals surface area (Å²) in [6, 6.07) is 20.4. The van der Waals surface area contributed by atoms with E-state index in [2.05, 4.69) is 10.0 Å². The van der Waals surface area contributed by atoms with Gasteiger partial charge in [0.1, 0.15) is 5.75 Å². The van der Waals surface area contributed by atoms with Crippen molar-refractivity contribution in [3.63, 3.8) is 0 Å². The molecule has 3 aromatic rings. The van der Waals surface area contributed by atoms with E-state index in [-0.39, 0.29) is 16.8 Å². The van der Waals surface area contributed by atoms with Crippen molar-refractivity contribution >= 4 is 21.6 Å². The van der Waals surface area contributed by atoms with Gasteiger partial charge in [-0.3, -0.25) is 9.52 Å². The molecule has 0 aliphatic rings. The number of hydrogen-bond donors (Lipinski definition) is 2. The Morgan fingerprint density at radius 3 is 2.19 bits per heavy atom. The number of amides is 1. The normalized spacial score (nSPS) is 12.1. The van der Waals surface area contributed by atoms with E-state index < -0.39 is 10.0 Å². The molecule has 3 rings (SSSR count). The summed E-state index contributed by atoms with van der Waals surface area (Å²) in [6.07, 6.45) is 0.713. The zero-order valence-electron chi connectivity index (χ0n) is 17.8. The van der Waals surface area contributed by atoms with Crippen LogP contribution in [0.25, 0.3) is 0 Å². The average molecular weight is 439 g/mol. The summed E-state index contributed by atoms with van der Waals surface area (Å²) < 4.78 is 33.1. The van der Waals surface area contributed by atoms with E-state index in [9.17, 15) is 13.2 Å². The molecule has 0 bridgehead atoms. The SMILES string of the molecule is CCC(NC(=O)c1ccc(S(=O)(=O)Nc2ccccc2C)cc1)c1ccc(OC)cc1. The molecule has 31 heavy (non-hydrogen) atoms. The number of sulfonamides is 1. The smallest absolute Gasteiger partial charge is 0.261 e. The second kappa shape index (κ2) is 9.66. The predicted molar refractivity (Wildman–Crippen MR) is 122 cm³/mol. The molecule has 0 radical (unpaired) electrons. The quantitative estimate of drug-likeness (QED) is 0.535. The highest BCUT2D eigenvalue weighted by Crippen LogP contribution is 2.22. The number of nitrogens with one attached hydrogen (secondary N) is 2. The molecule has 0 aromatic heterocycles. The zero-order valence-corrected chi connectivity index (χ0v) is 18.6. The summed E-state index contributed by atoms with van der Waals surface area (Å²) in [5, 5.41) is 3.00. The number of carbonyl (C=O) groups excluding carboxylic acids is 1. The minimum Gasteiger partial charge on any atom is -0.497 e. The fourth-order valence-electron chi connectivity index (χ4n) is 3.18. The van der Waals surface area contributed by atoms with Crippen LogP contribution in [0.5, 0.6) is 5.75 Å². The van der Waals surface area contributed by atoms with Crippen molar-refractivity contribution in [2.24, 2.45) is 0 Å². The third-order valence-electron chi connectivity index (χ3n) is 5.05. The lowest BCUT2D eigenvalue weighted by Gasteiger charge is -2.18. The van der Waals surface area contributed by atoms with Gasteiger partial charge >= 0.3 is 0 Å². The summed E-state index contributed by atoms with van der Waals surface area (Å²) in [5.74, 6) is 0.486. The molecule has 0 heterocycles. The van der Waals surface area contributed by atoms with Crippen molar-refractivity contribution < 1.29 is 17.9 Å². The van der Waals surface area contributed by atoms with Crippen LogP contribution in [0.3, 0.4) is 0 Å². The number of para-hydroxylation sites is 1. The molecule has 0 aliphatic heterocycles. The standard InChI is InChI=1S/C24H26N2O4S/c1-4-22(18-9-13-20(30-3)14-10-18)25-24(27)19-11-15-21(16-12-19)31(28,29)26-23-8-6-5-7-17(23)2/h5-16,22,26H,4H2,1-3H3,(H,25,27). The van der Waals surface area contributed by atoms with Gasteiger partial charge in [0.05, 0.1) is 23.7 Å². The topological polar surface area (TPSA) is 84.5 Å². The number of rotatable bonds is 8. The molecule has 6 nitrogen and oxygen atoms in total.